The van der Waals surface area contributed by atoms with Crippen molar-refractivity contribution < 1.29 is 23.5 Å². The van der Waals surface area contributed by atoms with E-state index in [0.29, 0.717) is 0 Å². The highest BCUT2D eigenvalue weighted by molar-refractivity contribution is 7.45. The fraction of sp³-hybridized carbons (Fsp3) is 0.571. The molecule has 0 bridgehead atoms. The largest absolute Gasteiger partial charge is 0.756 e. The lowest BCUT2D eigenvalue weighted by Gasteiger charge is -2.20. The monoisotopic (exact) mass is 222 g/mol. The van der Waals surface area contributed by atoms with Gasteiger partial charge in [-0.25, -0.2) is 0 Å². The quantitative estimate of drug-likeness (QED) is 0.744. The molecule has 2 N–H and O–H groups in total. The van der Waals surface area contributed by atoms with E-state index in [9.17, 15) is 9.46 Å². The Hall–Kier alpha value is -0.680. The fourth-order valence-corrected chi connectivity index (χ4v) is 1.30. The highest BCUT2D eigenvalue weighted by Gasteiger charge is 2.04. The summed E-state index contributed by atoms with van der Waals surface area (Å²) in [6.07, 6.45) is 5.39. The molecule has 14 heavy (non-hydrogen) atoms. The molecule has 0 amide bonds. The minimum Gasteiger partial charge on any atom is -0.756 e. The number of hydrogen-bond donors (Lipinski definition) is 1. The van der Waals surface area contributed by atoms with Crippen molar-refractivity contribution in [1.82, 2.24) is 4.98 Å². The van der Waals surface area contributed by atoms with Gasteiger partial charge in [0.2, 0.25) is 6.33 Å². The summed E-state index contributed by atoms with van der Waals surface area (Å²) in [7, 11) is -3.94. The van der Waals surface area contributed by atoms with Crippen molar-refractivity contribution in [2.45, 2.75) is 13.8 Å². The van der Waals surface area contributed by atoms with E-state index < -0.39 is 7.82 Å². The molecular weight excluding hydrogens is 207 g/mol. The Bertz CT molecular complexity index is 225. The second-order valence-corrected chi connectivity index (χ2v) is 3.50. The van der Waals surface area contributed by atoms with E-state index in [0.717, 1.165) is 0 Å². The topological polar surface area (TPSA) is 88.5 Å². The molecular formula is C7H15N2O4P. The lowest BCUT2D eigenvalue weighted by atomic mass is 10.9. The molecule has 0 aromatic carbocycles. The lowest BCUT2D eigenvalue weighted by molar-refractivity contribution is -0.375. The van der Waals surface area contributed by atoms with Crippen LogP contribution in [0.2, 0.25) is 0 Å². The van der Waals surface area contributed by atoms with Gasteiger partial charge in [0, 0.05) is 0 Å². The van der Waals surface area contributed by atoms with Gasteiger partial charge in [-0.3, -0.25) is 14.5 Å². The van der Waals surface area contributed by atoms with Crippen LogP contribution in [0.15, 0.2) is 18.7 Å². The Balaban J connectivity index is 0.000000280. The summed E-state index contributed by atoms with van der Waals surface area (Å²) in [5.41, 5.74) is 0. The van der Waals surface area contributed by atoms with Crippen LogP contribution in [0, 0.1) is 0 Å². The zero-order valence-electron chi connectivity index (χ0n) is 8.23. The maximum Gasteiger partial charge on any atom is 0.267 e. The molecule has 6 nitrogen and oxygen atoms in total. The minimum absolute atomic E-state index is 0.126. The van der Waals surface area contributed by atoms with Crippen LogP contribution in [0.5, 0.6) is 0 Å². The first-order chi connectivity index (χ1) is 6.62. The molecule has 0 saturated carbocycles. The molecule has 82 valence electrons. The van der Waals surface area contributed by atoms with E-state index in [1.165, 1.54) is 0 Å². The summed E-state index contributed by atoms with van der Waals surface area (Å²) >= 11 is 0. The van der Waals surface area contributed by atoms with Crippen molar-refractivity contribution in [3.63, 3.8) is 0 Å². The summed E-state index contributed by atoms with van der Waals surface area (Å²) in [6, 6.07) is 0. The summed E-state index contributed by atoms with van der Waals surface area (Å²) in [5.74, 6) is 0. The number of hydrogen-bond acceptors (Lipinski definition) is 4. The predicted molar refractivity (Wildman–Crippen MR) is 48.2 cm³/mol. The first kappa shape index (κ1) is 13.3. The standard InChI is InChI=1S/C4H11O4P.C3H4N2/c1-3-7-9(5,6)8-4-2;1-2-5-3-4-1/h3-4H2,1-2H3,(H,5,6);1-3H,(H,4,5). The summed E-state index contributed by atoms with van der Waals surface area (Å²) in [6.45, 7) is 3.43. The molecule has 7 heteroatoms. The van der Waals surface area contributed by atoms with Gasteiger partial charge in [-0.15, -0.1) is 0 Å². The zero-order chi connectivity index (χ0) is 10.9. The van der Waals surface area contributed by atoms with Crippen LogP contribution in [-0.2, 0) is 13.6 Å². The SMILES string of the molecule is CCOP(=O)([O-])OCC.c1c[nH+]c[nH]1. The van der Waals surface area contributed by atoms with Crippen LogP contribution in [-0.4, -0.2) is 18.2 Å². The van der Waals surface area contributed by atoms with Crippen LogP contribution in [0.25, 0.3) is 0 Å². The second kappa shape index (κ2) is 7.70. The van der Waals surface area contributed by atoms with Gasteiger partial charge in [-0.05, 0) is 13.8 Å². The van der Waals surface area contributed by atoms with Crippen LogP contribution < -0.4 is 9.88 Å². The highest BCUT2D eigenvalue weighted by atomic mass is 31.2. The molecule has 0 radical (unpaired) electrons. The van der Waals surface area contributed by atoms with Crippen molar-refractivity contribution in [2.75, 3.05) is 13.2 Å². The number of phosphoric ester groups is 1. The number of H-pyrrole nitrogens is 2. The van der Waals surface area contributed by atoms with E-state index in [2.05, 4.69) is 19.0 Å². The van der Waals surface area contributed by atoms with Gasteiger partial charge < -0.3 is 13.9 Å². The molecule has 0 aliphatic rings. The number of rotatable bonds is 4. The normalized spacial score (nSPS) is 10.5. The summed E-state index contributed by atoms with van der Waals surface area (Å²) < 4.78 is 18.9. The predicted octanol–water partition coefficient (Wildman–Crippen LogP) is 0.357. The molecule has 0 saturated heterocycles. The first-order valence-electron chi connectivity index (χ1n) is 4.21. The van der Waals surface area contributed by atoms with E-state index in [4.69, 9.17) is 0 Å². The molecule has 0 unspecified atom stereocenters. The molecule has 1 aromatic heterocycles. The molecule has 0 aliphatic carbocycles. The fourth-order valence-electron chi connectivity index (χ4n) is 0.594. The van der Waals surface area contributed by atoms with Crippen LogP contribution >= 0.6 is 7.82 Å². The summed E-state index contributed by atoms with van der Waals surface area (Å²) in [5, 5.41) is 0. The van der Waals surface area contributed by atoms with Crippen molar-refractivity contribution in [1.29, 1.82) is 0 Å². The van der Waals surface area contributed by atoms with Crippen LogP contribution in [0.3, 0.4) is 0 Å². The third-order valence-corrected chi connectivity index (χ3v) is 2.17. The number of aromatic amines is 2. The van der Waals surface area contributed by atoms with Gasteiger partial charge in [0.1, 0.15) is 12.4 Å². The lowest BCUT2D eigenvalue weighted by Crippen LogP contribution is -2.07. The molecule has 0 aliphatic heterocycles. The molecule has 1 heterocycles. The third kappa shape index (κ3) is 7.94. The third-order valence-electron chi connectivity index (χ3n) is 1.02. The second-order valence-electron chi connectivity index (χ2n) is 2.09. The average molecular weight is 222 g/mol. The van der Waals surface area contributed by atoms with Gasteiger partial charge in [0.25, 0.3) is 7.82 Å². The highest BCUT2D eigenvalue weighted by Crippen LogP contribution is 2.37. The van der Waals surface area contributed by atoms with Gasteiger partial charge in [-0.2, -0.15) is 0 Å². The number of nitrogens with one attached hydrogen (secondary N) is 2. The zero-order valence-corrected chi connectivity index (χ0v) is 9.12. The van der Waals surface area contributed by atoms with Crippen molar-refractivity contribution >= 4 is 7.82 Å². The Morgan fingerprint density at radius 2 is 2.00 bits per heavy atom. The van der Waals surface area contributed by atoms with E-state index >= 15 is 0 Å². The van der Waals surface area contributed by atoms with Crippen LogP contribution in [0.1, 0.15) is 13.8 Å². The first-order valence-corrected chi connectivity index (χ1v) is 5.67. The molecule has 0 atom stereocenters. The van der Waals surface area contributed by atoms with E-state index in [-0.39, 0.29) is 13.2 Å². The van der Waals surface area contributed by atoms with E-state index in [1.807, 2.05) is 12.4 Å². The maximum atomic E-state index is 10.4. The Morgan fingerprint density at radius 3 is 2.21 bits per heavy atom. The average Bonchev–Trinajstić information content (AvgIpc) is 2.59. The van der Waals surface area contributed by atoms with Gasteiger partial charge in [0.05, 0.1) is 13.2 Å². The summed E-state index contributed by atoms with van der Waals surface area (Å²) in [4.78, 5) is 16.0. The molecule has 0 fully saturated rings. The molecule has 1 aromatic rings. The van der Waals surface area contributed by atoms with Crippen molar-refractivity contribution in [2.24, 2.45) is 0 Å². The van der Waals surface area contributed by atoms with Gasteiger partial charge in [-0.1, -0.05) is 0 Å². The molecule has 1 rings (SSSR count). The molecule has 0 spiro atoms. The number of phosphoric acid groups is 1. The van der Waals surface area contributed by atoms with Crippen molar-refractivity contribution in [3.05, 3.63) is 18.7 Å². The smallest absolute Gasteiger partial charge is 0.267 e. The van der Waals surface area contributed by atoms with Gasteiger partial charge in [0.15, 0.2) is 0 Å². The maximum absolute atomic E-state index is 10.4. The minimum atomic E-state index is -3.94. The number of aromatic nitrogens is 2. The Morgan fingerprint density at radius 1 is 1.43 bits per heavy atom. The van der Waals surface area contributed by atoms with Crippen molar-refractivity contribution in [3.8, 4) is 0 Å². The Labute approximate surface area is 82.9 Å². The van der Waals surface area contributed by atoms with E-state index in [1.54, 1.807) is 20.2 Å². The van der Waals surface area contributed by atoms with Gasteiger partial charge >= 0.3 is 0 Å². The Kier molecular flexibility index (Phi) is 7.32. The number of imidazole rings is 1. The van der Waals surface area contributed by atoms with Crippen LogP contribution in [0.4, 0.5) is 0 Å².